The fourth-order valence-electron chi connectivity index (χ4n) is 3.51. The number of thiazole rings is 1. The number of aliphatic hydroxyl groups excluding tert-OH is 1. The van der Waals surface area contributed by atoms with Crippen LogP contribution in [0.5, 0.6) is 0 Å². The summed E-state index contributed by atoms with van der Waals surface area (Å²) in [7, 11) is 0. The highest BCUT2D eigenvalue weighted by atomic mass is 35.5. The third-order valence-corrected chi connectivity index (χ3v) is 6.66. The maximum atomic E-state index is 11.1. The lowest BCUT2D eigenvalue weighted by Gasteiger charge is -2.09. The topological polar surface area (TPSA) is 96.9 Å². The van der Waals surface area contributed by atoms with E-state index in [1.165, 1.54) is 4.88 Å². The summed E-state index contributed by atoms with van der Waals surface area (Å²) < 4.78 is 3.60. The molecule has 28 heavy (non-hydrogen) atoms. The minimum Gasteiger partial charge on any atom is -0.380 e. The predicted molar refractivity (Wildman–Crippen MR) is 105 cm³/mol. The van der Waals surface area contributed by atoms with Crippen molar-refractivity contribution in [2.24, 2.45) is 0 Å². The number of halogens is 1. The van der Waals surface area contributed by atoms with Crippen LogP contribution in [0.15, 0.2) is 36.9 Å². The second kappa shape index (κ2) is 5.87. The van der Waals surface area contributed by atoms with Crippen molar-refractivity contribution in [3.05, 3.63) is 58.3 Å². The molecule has 2 N–H and O–H groups in total. The van der Waals surface area contributed by atoms with Gasteiger partial charge in [-0.3, -0.25) is 9.50 Å². The number of nitrogens with one attached hydrogen (secondary N) is 1. The first-order valence-electron chi connectivity index (χ1n) is 8.88. The summed E-state index contributed by atoms with van der Waals surface area (Å²) in [6.07, 6.45) is 6.79. The Labute approximate surface area is 167 Å². The molecule has 1 aromatic carbocycles. The molecule has 5 aromatic rings. The van der Waals surface area contributed by atoms with Crippen molar-refractivity contribution >= 4 is 38.7 Å². The molecule has 0 saturated heterocycles. The first-order chi connectivity index (χ1) is 13.7. The van der Waals surface area contributed by atoms with Crippen molar-refractivity contribution in [1.82, 2.24) is 34.6 Å². The average Bonchev–Trinajstić information content (AvgIpc) is 3.07. The molecular formula is C18H14ClN7OS. The summed E-state index contributed by atoms with van der Waals surface area (Å²) in [4.78, 5) is 6.45. The van der Waals surface area contributed by atoms with Gasteiger partial charge in [0.1, 0.15) is 23.0 Å². The van der Waals surface area contributed by atoms with Crippen LogP contribution in [0.2, 0.25) is 5.15 Å². The Morgan fingerprint density at radius 3 is 3.07 bits per heavy atom. The third kappa shape index (κ3) is 2.40. The molecule has 0 amide bonds. The molecule has 0 radical (unpaired) electrons. The summed E-state index contributed by atoms with van der Waals surface area (Å²) in [5.74, 6) is 0.525. The molecule has 1 aliphatic carbocycles. The van der Waals surface area contributed by atoms with Crippen molar-refractivity contribution in [2.45, 2.75) is 24.9 Å². The van der Waals surface area contributed by atoms with Crippen LogP contribution in [0, 0.1) is 0 Å². The van der Waals surface area contributed by atoms with Gasteiger partial charge in [-0.2, -0.15) is 5.10 Å². The van der Waals surface area contributed by atoms with Crippen LogP contribution < -0.4 is 0 Å². The van der Waals surface area contributed by atoms with Gasteiger partial charge < -0.3 is 5.11 Å². The number of aromatic nitrogens is 7. The van der Waals surface area contributed by atoms with Crippen LogP contribution in [0.25, 0.3) is 21.4 Å². The first-order valence-corrected chi connectivity index (χ1v) is 10.1. The van der Waals surface area contributed by atoms with Crippen LogP contribution in [-0.2, 0) is 0 Å². The minimum absolute atomic E-state index is 0.436. The zero-order chi connectivity index (χ0) is 18.8. The number of nitrogens with zero attached hydrogens (tertiary/aromatic N) is 6. The van der Waals surface area contributed by atoms with E-state index in [0.29, 0.717) is 16.8 Å². The summed E-state index contributed by atoms with van der Waals surface area (Å²) >= 11 is 7.73. The van der Waals surface area contributed by atoms with Crippen molar-refractivity contribution in [3.8, 4) is 5.69 Å². The van der Waals surface area contributed by atoms with E-state index < -0.39 is 6.10 Å². The van der Waals surface area contributed by atoms with Gasteiger partial charge in [0.2, 0.25) is 0 Å². The molecule has 8 nitrogen and oxygen atoms in total. The van der Waals surface area contributed by atoms with Gasteiger partial charge in [-0.15, -0.1) is 16.4 Å². The van der Waals surface area contributed by atoms with Gasteiger partial charge in [0, 0.05) is 10.3 Å². The molecule has 0 bridgehead atoms. The van der Waals surface area contributed by atoms with E-state index in [-0.39, 0.29) is 0 Å². The van der Waals surface area contributed by atoms with Gasteiger partial charge in [0.25, 0.3) is 0 Å². The van der Waals surface area contributed by atoms with E-state index in [4.69, 9.17) is 11.6 Å². The van der Waals surface area contributed by atoms with Gasteiger partial charge in [-0.1, -0.05) is 16.8 Å². The molecule has 1 atom stereocenters. The van der Waals surface area contributed by atoms with Crippen LogP contribution in [0.1, 0.15) is 41.1 Å². The Morgan fingerprint density at radius 2 is 2.21 bits per heavy atom. The van der Waals surface area contributed by atoms with Gasteiger partial charge in [0.05, 0.1) is 29.3 Å². The van der Waals surface area contributed by atoms with Gasteiger partial charge in [-0.05, 0) is 37.0 Å². The summed E-state index contributed by atoms with van der Waals surface area (Å²) in [6.45, 7) is 0. The Hall–Kier alpha value is -2.75. The predicted octanol–water partition coefficient (Wildman–Crippen LogP) is 3.47. The van der Waals surface area contributed by atoms with Crippen LogP contribution in [0.4, 0.5) is 0 Å². The number of hydrogen-bond donors (Lipinski definition) is 2. The minimum atomic E-state index is -0.863. The van der Waals surface area contributed by atoms with E-state index >= 15 is 0 Å². The molecule has 140 valence electrons. The molecule has 1 fully saturated rings. The lowest BCUT2D eigenvalue weighted by molar-refractivity contribution is 0.208. The molecule has 0 spiro atoms. The molecule has 1 aliphatic rings. The molecular weight excluding hydrogens is 398 g/mol. The molecule has 4 heterocycles. The Kier molecular flexibility index (Phi) is 3.40. The van der Waals surface area contributed by atoms with E-state index in [2.05, 4.69) is 25.5 Å². The van der Waals surface area contributed by atoms with E-state index in [1.807, 2.05) is 28.8 Å². The normalized spacial score (nSPS) is 15.6. The number of benzene rings is 1. The monoisotopic (exact) mass is 411 g/mol. The number of H-pyrrole nitrogens is 1. The van der Waals surface area contributed by atoms with Crippen molar-refractivity contribution in [2.75, 3.05) is 0 Å². The molecule has 6 rings (SSSR count). The third-order valence-electron chi connectivity index (χ3n) is 5.09. The Morgan fingerprint density at radius 1 is 1.32 bits per heavy atom. The second-order valence-corrected chi connectivity index (χ2v) is 8.38. The lowest BCUT2D eigenvalue weighted by Crippen LogP contribution is -2.06. The summed E-state index contributed by atoms with van der Waals surface area (Å²) in [5.41, 5.74) is 2.97. The highest BCUT2D eigenvalue weighted by Crippen LogP contribution is 2.47. The highest BCUT2D eigenvalue weighted by Gasteiger charge is 2.33. The number of aromatic amines is 1. The number of imidazole rings is 1. The molecule has 1 unspecified atom stereocenters. The quantitative estimate of drug-likeness (QED) is 0.472. The van der Waals surface area contributed by atoms with Crippen LogP contribution >= 0.6 is 22.9 Å². The standard InChI is InChI=1S/C18H14ClN7OS/c19-18-11-4-3-10(5-12(11)21-23-18)26-7-13(22-24-26)16(27)15-17(9-1-2-9)28-14-6-20-8-25(14)15/h3-9,16,27H,1-2H2,(H,21,23). The van der Waals surface area contributed by atoms with E-state index in [1.54, 1.807) is 28.5 Å². The van der Waals surface area contributed by atoms with Gasteiger partial charge >= 0.3 is 0 Å². The van der Waals surface area contributed by atoms with Crippen LogP contribution in [0.3, 0.4) is 0 Å². The van der Waals surface area contributed by atoms with Gasteiger partial charge in [0.15, 0.2) is 5.15 Å². The molecule has 1 saturated carbocycles. The fraction of sp³-hybridized carbons (Fsp3) is 0.222. The van der Waals surface area contributed by atoms with Crippen molar-refractivity contribution < 1.29 is 5.11 Å². The van der Waals surface area contributed by atoms with Crippen molar-refractivity contribution in [3.63, 3.8) is 0 Å². The van der Waals surface area contributed by atoms with E-state index in [0.717, 1.165) is 40.0 Å². The number of rotatable bonds is 4. The number of aliphatic hydroxyl groups is 1. The van der Waals surface area contributed by atoms with Gasteiger partial charge in [-0.25, -0.2) is 9.67 Å². The largest absolute Gasteiger partial charge is 0.380 e. The maximum absolute atomic E-state index is 11.1. The van der Waals surface area contributed by atoms with E-state index in [9.17, 15) is 5.11 Å². The fourth-order valence-corrected chi connectivity index (χ4v) is 5.02. The Bertz CT molecular complexity index is 1330. The molecule has 10 heteroatoms. The summed E-state index contributed by atoms with van der Waals surface area (Å²) in [5, 5.41) is 27.7. The highest BCUT2D eigenvalue weighted by molar-refractivity contribution is 7.17. The number of fused-ring (bicyclic) bond motifs is 2. The second-order valence-electron chi connectivity index (χ2n) is 6.96. The van der Waals surface area contributed by atoms with Crippen LogP contribution in [-0.4, -0.2) is 39.7 Å². The van der Waals surface area contributed by atoms with Crippen molar-refractivity contribution in [1.29, 1.82) is 0 Å². The zero-order valence-electron chi connectivity index (χ0n) is 14.4. The Balaban J connectivity index is 1.40. The lowest BCUT2D eigenvalue weighted by atomic mass is 10.1. The maximum Gasteiger partial charge on any atom is 0.158 e. The average molecular weight is 412 g/mol. The smallest absolute Gasteiger partial charge is 0.158 e. The zero-order valence-corrected chi connectivity index (χ0v) is 16.0. The molecule has 0 aliphatic heterocycles. The number of hydrogen-bond acceptors (Lipinski definition) is 6. The first kappa shape index (κ1) is 16.2. The SMILES string of the molecule is OC(c1cn(-c2ccc3c(Cl)n[nH]c3c2)nn1)c1c(C2CC2)sc2cncn12. The molecule has 4 aromatic heterocycles. The summed E-state index contributed by atoms with van der Waals surface area (Å²) in [6, 6.07) is 5.67.